The normalized spacial score (nSPS) is 16.9. The van der Waals surface area contributed by atoms with E-state index in [2.05, 4.69) is 20.0 Å². The Morgan fingerprint density at radius 2 is 2.11 bits per heavy atom. The molecule has 3 rings (SSSR count). The first-order valence-corrected chi connectivity index (χ1v) is 6.62. The Bertz CT molecular complexity index is 507. The summed E-state index contributed by atoms with van der Waals surface area (Å²) in [6.07, 6.45) is 14.2. The monoisotopic (exact) mass is 245 g/mol. The first-order chi connectivity index (χ1) is 8.83. The molecule has 0 atom stereocenters. The van der Waals surface area contributed by atoms with Gasteiger partial charge in [0.15, 0.2) is 0 Å². The summed E-state index contributed by atoms with van der Waals surface area (Å²) in [5.41, 5.74) is 1.05. The summed E-state index contributed by atoms with van der Waals surface area (Å²) in [6, 6.07) is 0.566. The van der Waals surface area contributed by atoms with Crippen molar-refractivity contribution in [2.45, 2.75) is 38.1 Å². The number of anilines is 1. The van der Waals surface area contributed by atoms with Gasteiger partial charge in [-0.15, -0.1) is 0 Å². The fourth-order valence-corrected chi connectivity index (χ4v) is 2.58. The third kappa shape index (κ3) is 2.25. The minimum absolute atomic E-state index is 0.566. The van der Waals surface area contributed by atoms with E-state index in [0.717, 1.165) is 11.6 Å². The molecule has 0 aliphatic heterocycles. The van der Waals surface area contributed by atoms with E-state index in [0.29, 0.717) is 6.04 Å². The highest BCUT2D eigenvalue weighted by molar-refractivity contribution is 5.39. The van der Waals surface area contributed by atoms with E-state index in [1.165, 1.54) is 32.1 Å². The average Bonchev–Trinajstić information content (AvgIpc) is 2.99. The number of nitrogens with zero attached hydrogens (tertiary/aromatic N) is 4. The molecule has 2 heterocycles. The van der Waals surface area contributed by atoms with Gasteiger partial charge in [-0.1, -0.05) is 19.3 Å². The van der Waals surface area contributed by atoms with Crippen LogP contribution < -0.4 is 5.32 Å². The zero-order valence-corrected chi connectivity index (χ0v) is 10.7. The third-order valence-corrected chi connectivity index (χ3v) is 3.55. The molecule has 0 bridgehead atoms. The van der Waals surface area contributed by atoms with Crippen LogP contribution in [-0.2, 0) is 7.05 Å². The number of rotatable bonds is 3. The number of aryl methyl sites for hydroxylation is 1. The molecule has 0 unspecified atom stereocenters. The second-order valence-corrected chi connectivity index (χ2v) is 4.97. The lowest BCUT2D eigenvalue weighted by Gasteiger charge is -2.23. The second kappa shape index (κ2) is 4.84. The maximum atomic E-state index is 4.41. The highest BCUT2D eigenvalue weighted by Crippen LogP contribution is 2.22. The van der Waals surface area contributed by atoms with Crippen LogP contribution >= 0.6 is 0 Å². The van der Waals surface area contributed by atoms with Gasteiger partial charge >= 0.3 is 0 Å². The average molecular weight is 245 g/mol. The van der Waals surface area contributed by atoms with Crippen molar-refractivity contribution in [1.29, 1.82) is 0 Å². The van der Waals surface area contributed by atoms with Crippen molar-refractivity contribution < 1.29 is 0 Å². The highest BCUT2D eigenvalue weighted by atomic mass is 15.3. The maximum Gasteiger partial charge on any atom is 0.207 e. The fourth-order valence-electron chi connectivity index (χ4n) is 2.58. The predicted molar refractivity (Wildman–Crippen MR) is 70.8 cm³/mol. The molecule has 0 saturated heterocycles. The molecule has 1 fully saturated rings. The lowest BCUT2D eigenvalue weighted by molar-refractivity contribution is 0.460. The summed E-state index contributed by atoms with van der Waals surface area (Å²) in [5.74, 6) is 0.926. The SMILES string of the molecule is Cn1cc(-n2ccnc2NC2CCCCC2)cn1. The highest BCUT2D eigenvalue weighted by Gasteiger charge is 2.15. The predicted octanol–water partition coefficient (Wildman–Crippen LogP) is 2.35. The van der Waals surface area contributed by atoms with Crippen LogP contribution in [0.2, 0.25) is 0 Å². The molecule has 0 aromatic carbocycles. The van der Waals surface area contributed by atoms with Gasteiger partial charge in [0.1, 0.15) is 0 Å². The van der Waals surface area contributed by atoms with Gasteiger partial charge in [0.05, 0.1) is 11.9 Å². The van der Waals surface area contributed by atoms with E-state index in [9.17, 15) is 0 Å². The molecule has 0 spiro atoms. The minimum Gasteiger partial charge on any atom is -0.353 e. The quantitative estimate of drug-likeness (QED) is 0.903. The van der Waals surface area contributed by atoms with E-state index in [1.54, 1.807) is 4.68 Å². The molecule has 2 aromatic rings. The van der Waals surface area contributed by atoms with Crippen molar-refractivity contribution in [1.82, 2.24) is 19.3 Å². The largest absolute Gasteiger partial charge is 0.353 e. The van der Waals surface area contributed by atoms with Gasteiger partial charge in [-0.2, -0.15) is 5.10 Å². The Balaban J connectivity index is 1.78. The summed E-state index contributed by atoms with van der Waals surface area (Å²) in [5, 5.41) is 7.75. The van der Waals surface area contributed by atoms with Crippen molar-refractivity contribution in [2.75, 3.05) is 5.32 Å². The van der Waals surface area contributed by atoms with Crippen molar-refractivity contribution in [3.8, 4) is 5.69 Å². The molecule has 18 heavy (non-hydrogen) atoms. The molecule has 1 saturated carbocycles. The number of hydrogen-bond donors (Lipinski definition) is 1. The number of aromatic nitrogens is 4. The molecule has 5 heteroatoms. The van der Waals surface area contributed by atoms with Crippen LogP contribution in [0.1, 0.15) is 32.1 Å². The summed E-state index contributed by atoms with van der Waals surface area (Å²) >= 11 is 0. The number of hydrogen-bond acceptors (Lipinski definition) is 3. The van der Waals surface area contributed by atoms with Gasteiger partial charge in [-0.3, -0.25) is 9.25 Å². The van der Waals surface area contributed by atoms with Gasteiger partial charge in [0.25, 0.3) is 0 Å². The zero-order chi connectivity index (χ0) is 12.4. The maximum absolute atomic E-state index is 4.41. The fraction of sp³-hybridized carbons (Fsp3) is 0.538. The lowest BCUT2D eigenvalue weighted by Crippen LogP contribution is -2.24. The van der Waals surface area contributed by atoms with Crippen LogP contribution in [0.5, 0.6) is 0 Å². The van der Waals surface area contributed by atoms with Crippen LogP contribution in [0.4, 0.5) is 5.95 Å². The molecule has 0 amide bonds. The van der Waals surface area contributed by atoms with Crippen molar-refractivity contribution >= 4 is 5.95 Å². The topological polar surface area (TPSA) is 47.7 Å². The Morgan fingerprint density at radius 1 is 1.28 bits per heavy atom. The van der Waals surface area contributed by atoms with Crippen molar-refractivity contribution in [3.05, 3.63) is 24.8 Å². The zero-order valence-electron chi connectivity index (χ0n) is 10.7. The molecule has 0 radical (unpaired) electrons. The summed E-state index contributed by atoms with van der Waals surface area (Å²) < 4.78 is 3.86. The molecule has 5 nitrogen and oxygen atoms in total. The van der Waals surface area contributed by atoms with E-state index in [1.807, 2.05) is 31.8 Å². The third-order valence-electron chi connectivity index (χ3n) is 3.55. The van der Waals surface area contributed by atoms with Crippen LogP contribution in [-0.4, -0.2) is 25.4 Å². The first-order valence-electron chi connectivity index (χ1n) is 6.62. The molecule has 1 aliphatic rings. The van der Waals surface area contributed by atoms with E-state index in [-0.39, 0.29) is 0 Å². The number of nitrogens with one attached hydrogen (secondary N) is 1. The van der Waals surface area contributed by atoms with Gasteiger partial charge in [0.2, 0.25) is 5.95 Å². The summed E-state index contributed by atoms with van der Waals surface area (Å²) in [6.45, 7) is 0. The lowest BCUT2D eigenvalue weighted by atomic mass is 9.96. The van der Waals surface area contributed by atoms with E-state index >= 15 is 0 Å². The number of imidazole rings is 1. The molecule has 2 aromatic heterocycles. The molecular weight excluding hydrogens is 226 g/mol. The smallest absolute Gasteiger partial charge is 0.207 e. The van der Waals surface area contributed by atoms with Gasteiger partial charge < -0.3 is 5.32 Å². The van der Waals surface area contributed by atoms with E-state index < -0.39 is 0 Å². The molecule has 1 aliphatic carbocycles. The van der Waals surface area contributed by atoms with Crippen LogP contribution in [0, 0.1) is 0 Å². The molecule has 1 N–H and O–H groups in total. The van der Waals surface area contributed by atoms with Crippen LogP contribution in [0.3, 0.4) is 0 Å². The van der Waals surface area contributed by atoms with Crippen LogP contribution in [0.25, 0.3) is 5.69 Å². The second-order valence-electron chi connectivity index (χ2n) is 4.97. The first kappa shape index (κ1) is 11.3. The van der Waals surface area contributed by atoms with Crippen molar-refractivity contribution in [3.63, 3.8) is 0 Å². The van der Waals surface area contributed by atoms with E-state index in [4.69, 9.17) is 0 Å². The standard InChI is InChI=1S/C13H19N5/c1-17-10-12(9-15-17)18-8-7-14-13(18)16-11-5-3-2-4-6-11/h7-11H,2-6H2,1H3,(H,14,16). The molecule has 96 valence electrons. The summed E-state index contributed by atoms with van der Waals surface area (Å²) in [7, 11) is 1.93. The Morgan fingerprint density at radius 3 is 2.83 bits per heavy atom. The van der Waals surface area contributed by atoms with Crippen LogP contribution in [0.15, 0.2) is 24.8 Å². The summed E-state index contributed by atoms with van der Waals surface area (Å²) in [4.78, 5) is 4.41. The van der Waals surface area contributed by atoms with Gasteiger partial charge in [-0.05, 0) is 12.8 Å². The Hall–Kier alpha value is -1.78. The van der Waals surface area contributed by atoms with Gasteiger partial charge in [0, 0.05) is 31.7 Å². The Kier molecular flexibility index (Phi) is 3.04. The minimum atomic E-state index is 0.566. The van der Waals surface area contributed by atoms with Gasteiger partial charge in [-0.25, -0.2) is 4.98 Å². The Labute approximate surface area is 107 Å². The van der Waals surface area contributed by atoms with Crippen molar-refractivity contribution in [2.24, 2.45) is 7.05 Å². The molecular formula is C13H19N5.